The third-order valence-electron chi connectivity index (χ3n) is 3.47. The van der Waals surface area contributed by atoms with Crippen molar-refractivity contribution in [2.45, 2.75) is 46.5 Å². The molecule has 0 fully saturated rings. The summed E-state index contributed by atoms with van der Waals surface area (Å²) in [5.41, 5.74) is 1.15. The van der Waals surface area contributed by atoms with Gasteiger partial charge in [0, 0.05) is 17.2 Å². The normalized spacial score (nSPS) is 11.6. The first-order valence-corrected chi connectivity index (χ1v) is 9.23. The first-order chi connectivity index (χ1) is 9.93. The first kappa shape index (κ1) is 17.7. The summed E-state index contributed by atoms with van der Waals surface area (Å²) in [6.07, 6.45) is 3.78. The van der Waals surface area contributed by atoms with Gasteiger partial charge in [-0.1, -0.05) is 26.7 Å². The monoisotopic (exact) mass is 311 g/mol. The van der Waals surface area contributed by atoms with Gasteiger partial charge in [-0.15, -0.1) is 0 Å². The van der Waals surface area contributed by atoms with Crippen LogP contribution in [0.15, 0.2) is 24.3 Å². The van der Waals surface area contributed by atoms with E-state index in [1.807, 2.05) is 0 Å². The third-order valence-corrected chi connectivity index (χ3v) is 4.77. The van der Waals surface area contributed by atoms with Crippen molar-refractivity contribution >= 4 is 21.5 Å². The van der Waals surface area contributed by atoms with Crippen molar-refractivity contribution in [1.29, 1.82) is 0 Å². The van der Waals surface area contributed by atoms with Crippen molar-refractivity contribution in [2.24, 2.45) is 5.92 Å². The van der Waals surface area contributed by atoms with Crippen molar-refractivity contribution in [3.05, 3.63) is 29.8 Å². The lowest BCUT2D eigenvalue weighted by Crippen LogP contribution is -2.16. The van der Waals surface area contributed by atoms with Gasteiger partial charge in [-0.05, 0) is 44.0 Å². The van der Waals surface area contributed by atoms with Crippen LogP contribution in [0.25, 0.3) is 0 Å². The molecule has 1 aromatic carbocycles. The number of nitrogens with one attached hydrogen (secondary N) is 1. The Balaban J connectivity index is 2.83. The van der Waals surface area contributed by atoms with Crippen LogP contribution in [0.5, 0.6) is 0 Å². The van der Waals surface area contributed by atoms with Crippen LogP contribution >= 0.6 is 0 Å². The van der Waals surface area contributed by atoms with E-state index >= 15 is 0 Å². The minimum atomic E-state index is -3.27. The lowest BCUT2D eigenvalue weighted by molar-refractivity contribution is 0.0905. The Hall–Kier alpha value is -1.36. The zero-order chi connectivity index (χ0) is 15.9. The predicted molar refractivity (Wildman–Crippen MR) is 87.2 cm³/mol. The Morgan fingerprint density at radius 1 is 1.05 bits per heavy atom. The summed E-state index contributed by atoms with van der Waals surface area (Å²) in [7, 11) is -3.27. The van der Waals surface area contributed by atoms with E-state index in [0.29, 0.717) is 11.3 Å². The Bertz CT molecular complexity index is 543. The van der Waals surface area contributed by atoms with Gasteiger partial charge < -0.3 is 0 Å². The second kappa shape index (κ2) is 8.17. The molecule has 0 unspecified atom stereocenters. The maximum atomic E-state index is 12.4. The van der Waals surface area contributed by atoms with Crippen molar-refractivity contribution in [3.8, 4) is 0 Å². The minimum absolute atomic E-state index is 0.0305. The number of rotatable bonds is 9. The maximum absolute atomic E-state index is 12.4. The molecule has 1 aromatic rings. The van der Waals surface area contributed by atoms with E-state index in [0.717, 1.165) is 25.7 Å². The van der Waals surface area contributed by atoms with E-state index in [2.05, 4.69) is 18.6 Å². The molecule has 1 N–H and O–H groups in total. The number of anilines is 1. The molecular weight excluding hydrogens is 286 g/mol. The molecule has 0 aromatic heterocycles. The summed E-state index contributed by atoms with van der Waals surface area (Å²) in [5.74, 6) is 0.254. The van der Waals surface area contributed by atoms with E-state index in [1.54, 1.807) is 31.2 Å². The fourth-order valence-corrected chi connectivity index (χ4v) is 2.93. The van der Waals surface area contributed by atoms with E-state index in [-0.39, 0.29) is 17.5 Å². The quantitative estimate of drug-likeness (QED) is 0.705. The van der Waals surface area contributed by atoms with Gasteiger partial charge in [0.2, 0.25) is 10.0 Å². The average Bonchev–Trinajstić information content (AvgIpc) is 2.47. The number of benzene rings is 1. The van der Waals surface area contributed by atoms with E-state index in [9.17, 15) is 13.2 Å². The summed E-state index contributed by atoms with van der Waals surface area (Å²) in [4.78, 5) is 12.4. The average molecular weight is 311 g/mol. The highest BCUT2D eigenvalue weighted by atomic mass is 32.2. The fourth-order valence-electron chi connectivity index (χ4n) is 2.29. The Morgan fingerprint density at radius 3 is 2.00 bits per heavy atom. The standard InChI is InChI=1S/C16H25NO3S/c1-4-7-13(8-5-2)16(18)14-9-11-15(12-10-14)17-21(19,20)6-3/h9-13,17H,4-8H2,1-3H3. The van der Waals surface area contributed by atoms with E-state index < -0.39 is 10.0 Å². The largest absolute Gasteiger partial charge is 0.294 e. The van der Waals surface area contributed by atoms with Gasteiger partial charge in [0.25, 0.3) is 0 Å². The molecule has 4 nitrogen and oxygen atoms in total. The van der Waals surface area contributed by atoms with Crippen LogP contribution in [-0.2, 0) is 10.0 Å². The van der Waals surface area contributed by atoms with Crippen LogP contribution in [0.2, 0.25) is 0 Å². The molecule has 0 spiro atoms. The maximum Gasteiger partial charge on any atom is 0.232 e. The highest BCUT2D eigenvalue weighted by molar-refractivity contribution is 7.92. The Labute approximate surface area is 128 Å². The van der Waals surface area contributed by atoms with Gasteiger partial charge in [-0.25, -0.2) is 8.42 Å². The minimum Gasteiger partial charge on any atom is -0.294 e. The number of hydrogen-bond acceptors (Lipinski definition) is 3. The molecule has 0 amide bonds. The molecule has 5 heteroatoms. The smallest absolute Gasteiger partial charge is 0.232 e. The molecule has 21 heavy (non-hydrogen) atoms. The fraction of sp³-hybridized carbons (Fsp3) is 0.562. The molecule has 0 aliphatic rings. The lowest BCUT2D eigenvalue weighted by Gasteiger charge is -2.14. The molecule has 0 aliphatic carbocycles. The van der Waals surface area contributed by atoms with Crippen LogP contribution in [0, 0.1) is 5.92 Å². The zero-order valence-corrected chi connectivity index (χ0v) is 13.9. The van der Waals surface area contributed by atoms with Gasteiger partial charge in [-0.2, -0.15) is 0 Å². The molecule has 118 valence electrons. The predicted octanol–water partition coefficient (Wildman–Crippen LogP) is 3.85. The number of hydrogen-bond donors (Lipinski definition) is 1. The Kier molecular flexibility index (Phi) is 6.89. The van der Waals surface area contributed by atoms with Gasteiger partial charge in [0.05, 0.1) is 5.75 Å². The number of ketones is 1. The highest BCUT2D eigenvalue weighted by Crippen LogP contribution is 2.21. The summed E-state index contributed by atoms with van der Waals surface area (Å²) >= 11 is 0. The van der Waals surface area contributed by atoms with E-state index in [4.69, 9.17) is 0 Å². The van der Waals surface area contributed by atoms with Crippen molar-refractivity contribution in [3.63, 3.8) is 0 Å². The van der Waals surface area contributed by atoms with Gasteiger partial charge in [0.1, 0.15) is 0 Å². The van der Waals surface area contributed by atoms with E-state index in [1.165, 1.54) is 0 Å². The molecule has 0 atom stereocenters. The van der Waals surface area contributed by atoms with Crippen LogP contribution < -0.4 is 4.72 Å². The van der Waals surface area contributed by atoms with Crippen LogP contribution in [0.3, 0.4) is 0 Å². The van der Waals surface area contributed by atoms with Crippen molar-refractivity contribution < 1.29 is 13.2 Å². The second-order valence-electron chi connectivity index (χ2n) is 5.22. The molecule has 0 saturated carbocycles. The first-order valence-electron chi connectivity index (χ1n) is 7.58. The molecule has 0 saturated heterocycles. The summed E-state index contributed by atoms with van der Waals surface area (Å²) in [6.45, 7) is 5.75. The third kappa shape index (κ3) is 5.50. The topological polar surface area (TPSA) is 63.2 Å². The number of sulfonamides is 1. The second-order valence-corrected chi connectivity index (χ2v) is 7.23. The SMILES string of the molecule is CCCC(CCC)C(=O)c1ccc(NS(=O)(=O)CC)cc1. The number of carbonyl (C=O) groups is 1. The molecule has 0 radical (unpaired) electrons. The van der Waals surface area contributed by atoms with Gasteiger partial charge >= 0.3 is 0 Å². The zero-order valence-electron chi connectivity index (χ0n) is 13.1. The highest BCUT2D eigenvalue weighted by Gasteiger charge is 2.18. The summed E-state index contributed by atoms with van der Waals surface area (Å²) in [5, 5.41) is 0. The van der Waals surface area contributed by atoms with Gasteiger partial charge in [-0.3, -0.25) is 9.52 Å². The van der Waals surface area contributed by atoms with Crippen LogP contribution in [-0.4, -0.2) is 20.0 Å². The molecule has 1 rings (SSSR count). The summed E-state index contributed by atoms with van der Waals surface area (Å²) < 4.78 is 25.5. The molecule has 0 heterocycles. The molecular formula is C16H25NO3S. The molecule has 0 aliphatic heterocycles. The van der Waals surface area contributed by atoms with Crippen molar-refractivity contribution in [1.82, 2.24) is 0 Å². The number of carbonyl (C=O) groups excluding carboxylic acids is 1. The lowest BCUT2D eigenvalue weighted by atomic mass is 9.90. The van der Waals surface area contributed by atoms with Crippen LogP contribution in [0.4, 0.5) is 5.69 Å². The Morgan fingerprint density at radius 2 is 1.57 bits per heavy atom. The summed E-state index contributed by atoms with van der Waals surface area (Å²) in [6, 6.07) is 6.70. The van der Waals surface area contributed by atoms with Crippen LogP contribution in [0.1, 0.15) is 56.8 Å². The number of Topliss-reactive ketones (excluding diaryl/α,β-unsaturated/α-hetero) is 1. The molecule has 0 bridgehead atoms. The van der Waals surface area contributed by atoms with Crippen molar-refractivity contribution in [2.75, 3.05) is 10.5 Å². The van der Waals surface area contributed by atoms with Gasteiger partial charge in [0.15, 0.2) is 5.78 Å².